The molecule has 0 aliphatic carbocycles. The third-order valence-corrected chi connectivity index (χ3v) is 4.00. The molecule has 0 aromatic heterocycles. The van der Waals surface area contributed by atoms with Gasteiger partial charge in [-0.1, -0.05) is 20.3 Å². The number of likely N-dealkylation sites (N-methyl/N-ethyl adjacent to an activating group) is 1. The van der Waals surface area contributed by atoms with Crippen LogP contribution in [0, 0.1) is 0 Å². The summed E-state index contributed by atoms with van der Waals surface area (Å²) in [6.45, 7) is 13.0. The van der Waals surface area contributed by atoms with Crippen LogP contribution in [0.15, 0.2) is 0 Å². The van der Waals surface area contributed by atoms with Crippen LogP contribution in [-0.4, -0.2) is 61.7 Å². The van der Waals surface area contributed by atoms with E-state index in [1.54, 1.807) is 0 Å². The summed E-state index contributed by atoms with van der Waals surface area (Å²) in [5.74, 6) is 0. The predicted molar refractivity (Wildman–Crippen MR) is 80.1 cm³/mol. The Morgan fingerprint density at radius 3 is 2.67 bits per heavy atom. The first-order valence-electron chi connectivity index (χ1n) is 7.84. The van der Waals surface area contributed by atoms with Crippen LogP contribution < -0.4 is 5.32 Å². The zero-order chi connectivity index (χ0) is 13.4. The summed E-state index contributed by atoms with van der Waals surface area (Å²) >= 11 is 0. The largest absolute Gasteiger partial charge is 0.315 e. The molecule has 1 aliphatic heterocycles. The van der Waals surface area contributed by atoms with Gasteiger partial charge >= 0.3 is 0 Å². The van der Waals surface area contributed by atoms with Crippen molar-refractivity contribution in [2.45, 2.75) is 58.5 Å². The molecule has 0 aromatic rings. The maximum Gasteiger partial charge on any atom is 0.0223 e. The van der Waals surface area contributed by atoms with Crippen LogP contribution in [0.5, 0.6) is 0 Å². The Bertz CT molecular complexity index is 208. The van der Waals surface area contributed by atoms with Gasteiger partial charge in [0.15, 0.2) is 0 Å². The lowest BCUT2D eigenvalue weighted by Gasteiger charge is -2.36. The van der Waals surface area contributed by atoms with Crippen molar-refractivity contribution in [2.75, 3.05) is 39.8 Å². The van der Waals surface area contributed by atoms with Crippen LogP contribution in [0.2, 0.25) is 0 Å². The molecule has 1 aliphatic rings. The molecular formula is C15H33N3. The minimum atomic E-state index is 0.692. The summed E-state index contributed by atoms with van der Waals surface area (Å²) in [4.78, 5) is 5.23. The fourth-order valence-corrected chi connectivity index (χ4v) is 3.10. The summed E-state index contributed by atoms with van der Waals surface area (Å²) in [6, 6.07) is 1.42. The first-order valence-corrected chi connectivity index (χ1v) is 7.84. The van der Waals surface area contributed by atoms with Gasteiger partial charge in [-0.2, -0.15) is 0 Å². The van der Waals surface area contributed by atoms with Crippen molar-refractivity contribution >= 4 is 0 Å². The van der Waals surface area contributed by atoms with Gasteiger partial charge in [-0.25, -0.2) is 0 Å². The van der Waals surface area contributed by atoms with Crippen molar-refractivity contribution in [3.05, 3.63) is 0 Å². The molecule has 1 fully saturated rings. The molecule has 1 rings (SSSR count). The fraction of sp³-hybridized carbons (Fsp3) is 1.00. The average molecular weight is 255 g/mol. The smallest absolute Gasteiger partial charge is 0.0223 e. The van der Waals surface area contributed by atoms with Gasteiger partial charge in [0, 0.05) is 31.7 Å². The standard InChI is InChI=1S/C15H33N3/c1-5-8-15(12-16-9-6-2)18-11-7-10-17(4)13-14(18)3/h14-16H,5-13H2,1-4H3. The Balaban J connectivity index is 2.52. The second-order valence-corrected chi connectivity index (χ2v) is 5.85. The minimum Gasteiger partial charge on any atom is -0.315 e. The highest BCUT2D eigenvalue weighted by Gasteiger charge is 2.25. The molecule has 0 amide bonds. The maximum absolute atomic E-state index is 3.61. The van der Waals surface area contributed by atoms with Crippen LogP contribution >= 0.6 is 0 Å². The molecule has 3 heteroatoms. The Kier molecular flexibility index (Phi) is 7.87. The van der Waals surface area contributed by atoms with E-state index < -0.39 is 0 Å². The molecule has 3 nitrogen and oxygen atoms in total. The van der Waals surface area contributed by atoms with Gasteiger partial charge < -0.3 is 10.2 Å². The summed E-state index contributed by atoms with van der Waals surface area (Å²) in [5.41, 5.74) is 0. The molecule has 0 spiro atoms. The van der Waals surface area contributed by atoms with Crippen molar-refractivity contribution in [3.63, 3.8) is 0 Å². The first-order chi connectivity index (χ1) is 8.69. The minimum absolute atomic E-state index is 0.692. The summed E-state index contributed by atoms with van der Waals surface area (Å²) < 4.78 is 0. The SMILES string of the molecule is CCCNCC(CCC)N1CCCN(C)CC1C. The molecule has 1 N–H and O–H groups in total. The van der Waals surface area contributed by atoms with Crippen LogP contribution in [0.1, 0.15) is 46.5 Å². The molecule has 18 heavy (non-hydrogen) atoms. The Hall–Kier alpha value is -0.120. The van der Waals surface area contributed by atoms with Crippen molar-refractivity contribution in [1.82, 2.24) is 15.1 Å². The van der Waals surface area contributed by atoms with E-state index in [1.165, 1.54) is 45.3 Å². The Morgan fingerprint density at radius 2 is 2.00 bits per heavy atom. The van der Waals surface area contributed by atoms with E-state index in [2.05, 4.69) is 42.9 Å². The highest BCUT2D eigenvalue weighted by Crippen LogP contribution is 2.15. The van der Waals surface area contributed by atoms with Crippen LogP contribution in [0.3, 0.4) is 0 Å². The number of hydrogen-bond donors (Lipinski definition) is 1. The highest BCUT2D eigenvalue weighted by atomic mass is 15.3. The van der Waals surface area contributed by atoms with Gasteiger partial charge in [-0.15, -0.1) is 0 Å². The lowest BCUT2D eigenvalue weighted by Crippen LogP contribution is -2.48. The molecule has 0 aromatic carbocycles. The molecule has 1 heterocycles. The molecule has 0 bridgehead atoms. The molecular weight excluding hydrogens is 222 g/mol. The second kappa shape index (κ2) is 8.89. The quantitative estimate of drug-likeness (QED) is 0.704. The normalized spacial score (nSPS) is 25.0. The van der Waals surface area contributed by atoms with E-state index in [0.29, 0.717) is 6.04 Å². The predicted octanol–water partition coefficient (Wildman–Crippen LogP) is 2.18. The summed E-state index contributed by atoms with van der Waals surface area (Å²) in [7, 11) is 2.25. The van der Waals surface area contributed by atoms with E-state index in [1.807, 2.05) is 0 Å². The Morgan fingerprint density at radius 1 is 1.22 bits per heavy atom. The molecule has 108 valence electrons. The molecule has 2 atom stereocenters. The third kappa shape index (κ3) is 5.25. The highest BCUT2D eigenvalue weighted by molar-refractivity contribution is 4.82. The fourth-order valence-electron chi connectivity index (χ4n) is 3.10. The van der Waals surface area contributed by atoms with Crippen molar-refractivity contribution in [1.29, 1.82) is 0 Å². The summed E-state index contributed by atoms with van der Waals surface area (Å²) in [5, 5.41) is 3.61. The van der Waals surface area contributed by atoms with Gasteiger partial charge in [0.25, 0.3) is 0 Å². The third-order valence-electron chi connectivity index (χ3n) is 4.00. The van der Waals surface area contributed by atoms with Gasteiger partial charge in [0.1, 0.15) is 0 Å². The zero-order valence-corrected chi connectivity index (χ0v) is 12.9. The average Bonchev–Trinajstić information content (AvgIpc) is 2.49. The number of nitrogens with zero attached hydrogens (tertiary/aromatic N) is 2. The van der Waals surface area contributed by atoms with Crippen molar-refractivity contribution in [2.24, 2.45) is 0 Å². The van der Waals surface area contributed by atoms with Crippen LogP contribution in [-0.2, 0) is 0 Å². The molecule has 1 saturated heterocycles. The van der Waals surface area contributed by atoms with E-state index in [9.17, 15) is 0 Å². The van der Waals surface area contributed by atoms with Gasteiger partial charge in [-0.05, 0) is 46.3 Å². The van der Waals surface area contributed by atoms with Crippen LogP contribution in [0.25, 0.3) is 0 Å². The number of nitrogens with one attached hydrogen (secondary N) is 1. The monoisotopic (exact) mass is 255 g/mol. The van der Waals surface area contributed by atoms with E-state index >= 15 is 0 Å². The molecule has 0 saturated carbocycles. The topological polar surface area (TPSA) is 18.5 Å². The zero-order valence-electron chi connectivity index (χ0n) is 12.9. The number of rotatable bonds is 7. The number of hydrogen-bond acceptors (Lipinski definition) is 3. The second-order valence-electron chi connectivity index (χ2n) is 5.85. The van der Waals surface area contributed by atoms with Gasteiger partial charge in [0.05, 0.1) is 0 Å². The van der Waals surface area contributed by atoms with E-state index in [4.69, 9.17) is 0 Å². The molecule has 0 radical (unpaired) electrons. The van der Waals surface area contributed by atoms with Gasteiger partial charge in [-0.3, -0.25) is 4.90 Å². The molecule has 2 unspecified atom stereocenters. The van der Waals surface area contributed by atoms with Crippen molar-refractivity contribution < 1.29 is 0 Å². The van der Waals surface area contributed by atoms with E-state index in [0.717, 1.165) is 19.1 Å². The lowest BCUT2D eigenvalue weighted by atomic mass is 10.1. The summed E-state index contributed by atoms with van der Waals surface area (Å²) in [6.07, 6.45) is 5.16. The lowest BCUT2D eigenvalue weighted by molar-refractivity contribution is 0.132. The maximum atomic E-state index is 3.61. The van der Waals surface area contributed by atoms with Crippen molar-refractivity contribution in [3.8, 4) is 0 Å². The van der Waals surface area contributed by atoms with Crippen LogP contribution in [0.4, 0.5) is 0 Å². The Labute approximate surface area is 114 Å². The van der Waals surface area contributed by atoms with Gasteiger partial charge in [0.2, 0.25) is 0 Å². The first kappa shape index (κ1) is 15.9. The van der Waals surface area contributed by atoms with E-state index in [-0.39, 0.29) is 0 Å².